The summed E-state index contributed by atoms with van der Waals surface area (Å²) in [5.74, 6) is 1.99. The normalized spacial score (nSPS) is 19.4. The second kappa shape index (κ2) is 10.1. The summed E-state index contributed by atoms with van der Waals surface area (Å²) in [6.07, 6.45) is 1.47. The van der Waals surface area contributed by atoms with E-state index in [0.29, 0.717) is 25.5 Å². The quantitative estimate of drug-likeness (QED) is 0.289. The Morgan fingerprint density at radius 3 is 2.75 bits per heavy atom. The molecule has 1 atom stereocenters. The largest absolute Gasteiger partial charge is 0.493 e. The van der Waals surface area contributed by atoms with Gasteiger partial charge >= 0.3 is 0 Å². The first-order valence-corrected chi connectivity index (χ1v) is 9.68. The summed E-state index contributed by atoms with van der Waals surface area (Å²) >= 11 is 0. The fourth-order valence-electron chi connectivity index (χ4n) is 2.48. The second-order valence-electron chi connectivity index (χ2n) is 5.71. The van der Waals surface area contributed by atoms with Gasteiger partial charge in [0.25, 0.3) is 0 Å². The molecule has 6 nitrogen and oxygen atoms in total. The highest BCUT2D eigenvalue weighted by molar-refractivity contribution is 14.0. The summed E-state index contributed by atoms with van der Waals surface area (Å²) in [5.41, 5.74) is 1.13. The highest BCUT2D eigenvalue weighted by atomic mass is 127. The lowest BCUT2D eigenvalue weighted by Crippen LogP contribution is -2.44. The van der Waals surface area contributed by atoms with Crippen molar-refractivity contribution in [1.29, 1.82) is 0 Å². The second-order valence-corrected chi connectivity index (χ2v) is 7.94. The molecule has 0 bridgehead atoms. The molecule has 1 aromatic rings. The van der Waals surface area contributed by atoms with Crippen LogP contribution in [0.1, 0.15) is 18.4 Å². The van der Waals surface area contributed by atoms with Crippen molar-refractivity contribution < 1.29 is 13.2 Å². The molecule has 2 rings (SSSR count). The minimum absolute atomic E-state index is 0. The van der Waals surface area contributed by atoms with Gasteiger partial charge in [0.2, 0.25) is 0 Å². The van der Waals surface area contributed by atoms with Gasteiger partial charge in [-0.15, -0.1) is 24.0 Å². The van der Waals surface area contributed by atoms with E-state index >= 15 is 0 Å². The van der Waals surface area contributed by atoms with E-state index in [1.54, 1.807) is 7.05 Å². The summed E-state index contributed by atoms with van der Waals surface area (Å²) < 4.78 is 28.6. The molecule has 0 saturated carbocycles. The molecule has 8 heteroatoms. The van der Waals surface area contributed by atoms with Crippen LogP contribution in [0.2, 0.25) is 0 Å². The first kappa shape index (κ1) is 21.0. The number of aryl methyl sites for hydroxylation is 1. The third kappa shape index (κ3) is 6.84. The van der Waals surface area contributed by atoms with E-state index in [0.717, 1.165) is 17.7 Å². The molecule has 136 valence electrons. The maximum Gasteiger partial charge on any atom is 0.191 e. The molecule has 2 N–H and O–H groups in total. The van der Waals surface area contributed by atoms with Crippen molar-refractivity contribution in [3.8, 4) is 5.75 Å². The Labute approximate surface area is 161 Å². The zero-order chi connectivity index (χ0) is 16.7. The summed E-state index contributed by atoms with van der Waals surface area (Å²) in [7, 11) is -1.20. The lowest BCUT2D eigenvalue weighted by molar-refractivity contribution is 0.309. The zero-order valence-corrected chi connectivity index (χ0v) is 17.3. The molecule has 1 unspecified atom stereocenters. The van der Waals surface area contributed by atoms with Crippen LogP contribution in [0.15, 0.2) is 29.3 Å². The smallest absolute Gasteiger partial charge is 0.191 e. The molecule has 1 heterocycles. The predicted molar refractivity (Wildman–Crippen MR) is 108 cm³/mol. The molecule has 1 fully saturated rings. The number of nitrogens with one attached hydrogen (secondary N) is 2. The number of halogens is 1. The number of hydrogen-bond donors (Lipinski definition) is 2. The lowest BCUT2D eigenvalue weighted by atomic mass is 10.2. The average Bonchev–Trinajstić information content (AvgIpc) is 2.86. The van der Waals surface area contributed by atoms with Gasteiger partial charge < -0.3 is 15.4 Å². The summed E-state index contributed by atoms with van der Waals surface area (Å²) in [6, 6.07) is 7.89. The Morgan fingerprint density at radius 1 is 1.38 bits per heavy atom. The van der Waals surface area contributed by atoms with E-state index < -0.39 is 9.84 Å². The zero-order valence-electron chi connectivity index (χ0n) is 14.1. The third-order valence-corrected chi connectivity index (χ3v) is 5.53. The van der Waals surface area contributed by atoms with Crippen LogP contribution in [0.4, 0.5) is 0 Å². The molecule has 0 radical (unpaired) electrons. The fraction of sp³-hybridized carbons (Fsp3) is 0.562. The molecule has 1 aliphatic rings. The van der Waals surface area contributed by atoms with Crippen LogP contribution in [0.25, 0.3) is 0 Å². The van der Waals surface area contributed by atoms with Gasteiger partial charge in [-0.3, -0.25) is 4.99 Å². The molecule has 24 heavy (non-hydrogen) atoms. The van der Waals surface area contributed by atoms with Gasteiger partial charge in [0, 0.05) is 19.6 Å². The number of rotatable bonds is 6. The molecule has 0 spiro atoms. The van der Waals surface area contributed by atoms with E-state index in [4.69, 9.17) is 4.74 Å². The maximum absolute atomic E-state index is 11.5. The van der Waals surface area contributed by atoms with E-state index in [-0.39, 0.29) is 41.5 Å². The minimum Gasteiger partial charge on any atom is -0.493 e. The van der Waals surface area contributed by atoms with Crippen LogP contribution >= 0.6 is 24.0 Å². The SMILES string of the molecule is CN=C(NCCCOc1ccccc1C)NC1CCS(=O)(=O)C1.I. The van der Waals surface area contributed by atoms with E-state index in [1.807, 2.05) is 31.2 Å². The number of benzene rings is 1. The lowest BCUT2D eigenvalue weighted by Gasteiger charge is -2.16. The van der Waals surface area contributed by atoms with Crippen LogP contribution in [0, 0.1) is 6.92 Å². The molecule has 0 aliphatic carbocycles. The van der Waals surface area contributed by atoms with Gasteiger partial charge in [-0.2, -0.15) is 0 Å². The van der Waals surface area contributed by atoms with Crippen LogP contribution in [0.3, 0.4) is 0 Å². The van der Waals surface area contributed by atoms with Crippen molar-refractivity contribution in [3.63, 3.8) is 0 Å². The van der Waals surface area contributed by atoms with Crippen LogP contribution in [0.5, 0.6) is 5.75 Å². The van der Waals surface area contributed by atoms with Gasteiger partial charge in [-0.05, 0) is 31.4 Å². The predicted octanol–water partition coefficient (Wildman–Crippen LogP) is 1.73. The van der Waals surface area contributed by atoms with Crippen molar-refractivity contribution in [1.82, 2.24) is 10.6 Å². The van der Waals surface area contributed by atoms with Crippen molar-refractivity contribution in [2.24, 2.45) is 4.99 Å². The van der Waals surface area contributed by atoms with Gasteiger partial charge in [-0.25, -0.2) is 8.42 Å². The number of guanidine groups is 1. The monoisotopic (exact) mass is 467 g/mol. The fourth-order valence-corrected chi connectivity index (χ4v) is 4.15. The topological polar surface area (TPSA) is 79.8 Å². The number of para-hydroxylation sites is 1. The highest BCUT2D eigenvalue weighted by Crippen LogP contribution is 2.16. The number of sulfone groups is 1. The van der Waals surface area contributed by atoms with E-state index in [9.17, 15) is 8.42 Å². The first-order chi connectivity index (χ1) is 11.0. The molecular formula is C16H26IN3O3S. The Balaban J connectivity index is 0.00000288. The summed E-state index contributed by atoms with van der Waals surface area (Å²) in [6.45, 7) is 3.35. The third-order valence-electron chi connectivity index (χ3n) is 3.76. The Hall–Kier alpha value is -1.03. The van der Waals surface area contributed by atoms with Gasteiger partial charge in [0.1, 0.15) is 5.75 Å². The van der Waals surface area contributed by atoms with Gasteiger partial charge in [-0.1, -0.05) is 18.2 Å². The number of aliphatic imine (C=N–C) groups is 1. The number of hydrogen-bond acceptors (Lipinski definition) is 4. The van der Waals surface area contributed by atoms with Crippen molar-refractivity contribution in [2.75, 3.05) is 31.7 Å². The van der Waals surface area contributed by atoms with Crippen molar-refractivity contribution >= 4 is 39.8 Å². The average molecular weight is 467 g/mol. The standard InChI is InChI=1S/C16H25N3O3S.HI/c1-13-6-3-4-7-15(13)22-10-5-9-18-16(17-2)19-14-8-11-23(20,21)12-14;/h3-4,6-7,14H,5,8-12H2,1-2H3,(H2,17,18,19);1H. The molecule has 1 saturated heterocycles. The summed E-state index contributed by atoms with van der Waals surface area (Å²) in [4.78, 5) is 4.13. The minimum atomic E-state index is -2.88. The Kier molecular flexibility index (Phi) is 8.82. The number of nitrogens with zero attached hydrogens (tertiary/aromatic N) is 1. The molecule has 0 aromatic heterocycles. The molecule has 1 aromatic carbocycles. The van der Waals surface area contributed by atoms with E-state index in [1.165, 1.54) is 0 Å². The first-order valence-electron chi connectivity index (χ1n) is 7.86. The number of ether oxygens (including phenoxy) is 1. The summed E-state index contributed by atoms with van der Waals surface area (Å²) in [5, 5.41) is 6.35. The Morgan fingerprint density at radius 2 is 2.12 bits per heavy atom. The van der Waals surface area contributed by atoms with Crippen molar-refractivity contribution in [2.45, 2.75) is 25.8 Å². The highest BCUT2D eigenvalue weighted by Gasteiger charge is 2.28. The maximum atomic E-state index is 11.5. The van der Waals surface area contributed by atoms with E-state index in [2.05, 4.69) is 15.6 Å². The van der Waals surface area contributed by atoms with Crippen LogP contribution in [-0.2, 0) is 9.84 Å². The van der Waals surface area contributed by atoms with Crippen LogP contribution in [-0.4, -0.2) is 52.1 Å². The van der Waals surface area contributed by atoms with Crippen molar-refractivity contribution in [3.05, 3.63) is 29.8 Å². The van der Waals surface area contributed by atoms with Crippen LogP contribution < -0.4 is 15.4 Å². The van der Waals surface area contributed by atoms with Gasteiger partial charge in [0.05, 0.1) is 18.1 Å². The molecular weight excluding hydrogens is 441 g/mol. The van der Waals surface area contributed by atoms with Gasteiger partial charge in [0.15, 0.2) is 15.8 Å². The Bertz CT molecular complexity index is 650. The molecule has 1 aliphatic heterocycles. The molecule has 0 amide bonds.